The maximum Gasteiger partial charge on any atom is 0.490 e. The lowest BCUT2D eigenvalue weighted by Crippen LogP contribution is -2.29. The number of aryl methyl sites for hydroxylation is 2. The van der Waals surface area contributed by atoms with E-state index >= 15 is 0 Å². The van der Waals surface area contributed by atoms with E-state index in [1.54, 1.807) is 71.9 Å². The van der Waals surface area contributed by atoms with E-state index in [9.17, 15) is 35.9 Å². The average molecular weight is 1020 g/mol. The van der Waals surface area contributed by atoms with Crippen molar-refractivity contribution in [2.45, 2.75) is 66.1 Å². The van der Waals surface area contributed by atoms with Gasteiger partial charge in [-0.15, -0.1) is 10.2 Å². The number of rotatable bonds is 12. The number of nitrogens with zero attached hydrogens (tertiary/aromatic N) is 8. The van der Waals surface area contributed by atoms with E-state index in [4.69, 9.17) is 29.0 Å². The number of carbonyl (C=O) groups excluding carboxylic acids is 2. The van der Waals surface area contributed by atoms with Crippen LogP contribution in [0, 0.1) is 13.8 Å². The van der Waals surface area contributed by atoms with E-state index in [0.717, 1.165) is 24.3 Å². The molecule has 0 fully saturated rings. The average Bonchev–Trinajstić information content (AvgIpc) is 3.95. The Morgan fingerprint density at radius 3 is 1.51 bits per heavy atom. The first-order valence-electron chi connectivity index (χ1n) is 19.9. The molecule has 0 saturated heterocycles. The largest absolute Gasteiger partial charge is 0.490 e. The number of hydrogen-bond acceptors (Lipinski definition) is 14. The highest BCUT2D eigenvalue weighted by molar-refractivity contribution is 9.12. The van der Waals surface area contributed by atoms with Gasteiger partial charge in [-0.25, -0.2) is 38.9 Å². The van der Waals surface area contributed by atoms with Crippen molar-refractivity contribution in [3.63, 3.8) is 0 Å². The van der Waals surface area contributed by atoms with Crippen molar-refractivity contribution in [3.8, 4) is 34.5 Å². The Morgan fingerprint density at radius 2 is 1.12 bits per heavy atom. The first-order valence-corrected chi connectivity index (χ1v) is 20.7. The summed E-state index contributed by atoms with van der Waals surface area (Å²) in [5, 5.41) is 25.6. The van der Waals surface area contributed by atoms with Gasteiger partial charge in [-0.1, -0.05) is 6.07 Å². The highest BCUT2D eigenvalue weighted by Crippen LogP contribution is 2.34. The highest BCUT2D eigenvalue weighted by atomic mass is 79.9. The number of carbonyl (C=O) groups is 2. The van der Waals surface area contributed by atoms with Crippen molar-refractivity contribution < 1.29 is 64.9 Å². The van der Waals surface area contributed by atoms with E-state index in [1.165, 1.54) is 67.1 Å². The monoisotopic (exact) mass is 1020 g/mol. The zero-order chi connectivity index (χ0) is 50.5. The number of aromatic nitrogens is 8. The van der Waals surface area contributed by atoms with E-state index in [2.05, 4.69) is 46.1 Å². The van der Waals surface area contributed by atoms with Crippen molar-refractivity contribution in [1.82, 2.24) is 39.5 Å². The SMILES string of the molecule is COc1ccc(/C(=C\n2cnc(-c3cc(C)cc(C(F)(F)F)c3)n2)C(=O)OC(C)C)cn1.COc1ccc(B(O)O)cn1.Cc1cc(-c2ncn(/C=C(\Br)C(=O)OC(C)C)n2)cc(C(F)(F)F)c1. The summed E-state index contributed by atoms with van der Waals surface area (Å²) < 4.78 is 101. The molecule has 360 valence electrons. The summed E-state index contributed by atoms with van der Waals surface area (Å²) in [5.41, 5.74) is 0.702. The number of alkyl halides is 6. The Labute approximate surface area is 394 Å². The van der Waals surface area contributed by atoms with Crippen molar-refractivity contribution in [2.24, 2.45) is 0 Å². The molecule has 0 aliphatic carbocycles. The smallest absolute Gasteiger partial charge is 0.481 e. The van der Waals surface area contributed by atoms with Crippen LogP contribution in [0.15, 0.2) is 90.2 Å². The quantitative estimate of drug-likeness (QED) is 0.0521. The van der Waals surface area contributed by atoms with Crippen LogP contribution in [0.5, 0.6) is 11.8 Å². The van der Waals surface area contributed by atoms with Crippen molar-refractivity contribution in [3.05, 3.63) is 118 Å². The fourth-order valence-electron chi connectivity index (χ4n) is 5.51. The first kappa shape index (κ1) is 53.7. The van der Waals surface area contributed by atoms with E-state index < -0.39 is 42.5 Å². The molecule has 0 amide bonds. The summed E-state index contributed by atoms with van der Waals surface area (Å²) in [4.78, 5) is 40.3. The van der Waals surface area contributed by atoms with Crippen molar-refractivity contribution in [1.29, 1.82) is 0 Å². The summed E-state index contributed by atoms with van der Waals surface area (Å²) in [6, 6.07) is 13.5. The lowest BCUT2D eigenvalue weighted by Gasteiger charge is -2.11. The molecule has 24 heteroatoms. The van der Waals surface area contributed by atoms with Crippen LogP contribution in [0.1, 0.15) is 55.5 Å². The van der Waals surface area contributed by atoms with Crippen LogP contribution in [-0.4, -0.2) is 95.0 Å². The molecule has 2 N–H and O–H groups in total. The number of benzene rings is 2. The standard InChI is InChI=1S/C22H21F3N4O3.C16H15BrF3N3O2.C6H8BNO3/c1-13(2)32-21(30)18(15-5-6-19(31-4)26-10-15)11-29-12-27-20(28-29)16-7-14(3)8-17(9-16)22(23,24)25;1-9(2)25-15(24)13(17)7-23-8-21-14(22-23)11-4-10(3)5-12(6-11)16(18,19)20;1-11-6-3-2-5(4-8-6)7(9)10/h5-13H,1-4H3;4-9H,1-3H3;2-4,9-10H,1H3/b18-11+;13-7-;. The van der Waals surface area contributed by atoms with Crippen molar-refractivity contribution >= 4 is 58.4 Å². The zero-order valence-electron chi connectivity index (χ0n) is 37.5. The summed E-state index contributed by atoms with van der Waals surface area (Å²) in [7, 11) is 1.50. The molecule has 0 spiro atoms. The van der Waals surface area contributed by atoms with Crippen LogP contribution in [0.2, 0.25) is 0 Å². The number of methoxy groups -OCH3 is 2. The van der Waals surface area contributed by atoms with Gasteiger partial charge in [0.15, 0.2) is 11.6 Å². The van der Waals surface area contributed by atoms with Gasteiger partial charge in [0.1, 0.15) is 17.1 Å². The normalized spacial score (nSPS) is 11.9. The van der Waals surface area contributed by atoms with Gasteiger partial charge in [0.05, 0.1) is 49.3 Å². The minimum Gasteiger partial charge on any atom is -0.481 e. The molecular weight excluding hydrogens is 973 g/mol. The second-order valence-electron chi connectivity index (χ2n) is 14.8. The molecule has 6 aromatic rings. The third-order valence-corrected chi connectivity index (χ3v) is 9.00. The van der Waals surface area contributed by atoms with Crippen LogP contribution in [-0.2, 0) is 31.4 Å². The minimum absolute atomic E-state index is 0.0832. The number of ether oxygens (including phenoxy) is 4. The van der Waals surface area contributed by atoms with E-state index in [-0.39, 0.29) is 45.0 Å². The Morgan fingerprint density at radius 1 is 0.662 bits per heavy atom. The Kier molecular flexibility index (Phi) is 18.7. The zero-order valence-corrected chi connectivity index (χ0v) is 39.1. The van der Waals surface area contributed by atoms with Gasteiger partial charge < -0.3 is 29.0 Å². The van der Waals surface area contributed by atoms with Crippen LogP contribution in [0.4, 0.5) is 26.3 Å². The summed E-state index contributed by atoms with van der Waals surface area (Å²) >= 11 is 3.07. The molecule has 0 radical (unpaired) electrons. The number of esters is 2. The molecule has 0 bridgehead atoms. The van der Waals surface area contributed by atoms with Gasteiger partial charge in [-0.05, 0) is 117 Å². The van der Waals surface area contributed by atoms with E-state index in [1.807, 2.05) is 0 Å². The number of halogens is 7. The van der Waals surface area contributed by atoms with Crippen LogP contribution in [0.25, 0.3) is 40.7 Å². The molecule has 0 saturated carbocycles. The molecule has 4 aromatic heterocycles. The summed E-state index contributed by atoms with van der Waals surface area (Å²) in [6.07, 6.45) is -1.51. The maximum absolute atomic E-state index is 13.2. The minimum atomic E-state index is -4.49. The first-order chi connectivity index (χ1) is 31.9. The van der Waals surface area contributed by atoms with Crippen LogP contribution in [0.3, 0.4) is 0 Å². The molecule has 0 unspecified atom stereocenters. The second kappa shape index (κ2) is 23.7. The van der Waals surface area contributed by atoms with Gasteiger partial charge in [0.2, 0.25) is 11.8 Å². The lowest BCUT2D eigenvalue weighted by atomic mass is 9.82. The van der Waals surface area contributed by atoms with E-state index in [0.29, 0.717) is 33.9 Å². The number of hydrogen-bond donors (Lipinski definition) is 2. The van der Waals surface area contributed by atoms with Gasteiger partial charge in [0, 0.05) is 46.8 Å². The molecule has 6 rings (SSSR count). The lowest BCUT2D eigenvalue weighted by molar-refractivity contribution is -0.142. The Hall–Kier alpha value is -6.92. The number of pyridine rings is 2. The van der Waals surface area contributed by atoms with Crippen molar-refractivity contribution in [2.75, 3.05) is 14.2 Å². The maximum atomic E-state index is 13.2. The molecule has 16 nitrogen and oxygen atoms in total. The fraction of sp³-hybridized carbons (Fsp3) is 0.273. The molecule has 4 heterocycles. The second-order valence-corrected chi connectivity index (χ2v) is 15.6. The molecular formula is C44H44BBrF6N8O8. The Bertz CT molecular complexity index is 2710. The van der Waals surface area contributed by atoms with Gasteiger partial charge in [0.25, 0.3) is 0 Å². The van der Waals surface area contributed by atoms with Crippen LogP contribution < -0.4 is 14.9 Å². The molecule has 2 aromatic carbocycles. The predicted octanol–water partition coefficient (Wildman–Crippen LogP) is 7.81. The molecule has 0 aliphatic heterocycles. The molecule has 0 atom stereocenters. The van der Waals surface area contributed by atoms with Gasteiger partial charge in [-0.3, -0.25) is 0 Å². The topological polar surface area (TPSA) is 199 Å². The Balaban J connectivity index is 0.000000247. The van der Waals surface area contributed by atoms with Gasteiger partial charge >= 0.3 is 31.4 Å². The fourth-order valence-corrected chi connectivity index (χ4v) is 5.81. The summed E-state index contributed by atoms with van der Waals surface area (Å²) in [5.74, 6) is -0.175. The molecule has 0 aliphatic rings. The van der Waals surface area contributed by atoms with Gasteiger partial charge in [-0.2, -0.15) is 26.3 Å². The highest BCUT2D eigenvalue weighted by Gasteiger charge is 2.32. The van der Waals surface area contributed by atoms with Crippen LogP contribution >= 0.6 is 15.9 Å². The predicted molar refractivity (Wildman–Crippen MR) is 242 cm³/mol. The molecule has 68 heavy (non-hydrogen) atoms. The third-order valence-electron chi connectivity index (χ3n) is 8.47. The summed E-state index contributed by atoms with van der Waals surface area (Å²) in [6.45, 7) is 9.97. The third kappa shape index (κ3) is 16.2.